The Labute approximate surface area is 157 Å². The van der Waals surface area contributed by atoms with Crippen molar-refractivity contribution >= 4 is 52.1 Å². The summed E-state index contributed by atoms with van der Waals surface area (Å²) in [7, 11) is 0. The van der Waals surface area contributed by atoms with Gasteiger partial charge in [-0.3, -0.25) is 19.7 Å². The highest BCUT2D eigenvalue weighted by atomic mass is 35.5. The molecule has 0 radical (unpaired) electrons. The zero-order chi connectivity index (χ0) is 19.3. The van der Waals surface area contributed by atoms with Crippen LogP contribution in [0, 0.1) is 10.1 Å². The van der Waals surface area contributed by atoms with Crippen molar-refractivity contribution in [1.29, 1.82) is 0 Å². The van der Waals surface area contributed by atoms with Gasteiger partial charge in [-0.25, -0.2) is 5.43 Å². The summed E-state index contributed by atoms with van der Waals surface area (Å²) in [6.07, 6.45) is 0. The molecule has 0 bridgehead atoms. The maximum atomic E-state index is 11.9. The highest BCUT2D eigenvalue weighted by Gasteiger charge is 2.14. The Balaban J connectivity index is 2.04. The van der Waals surface area contributed by atoms with Crippen LogP contribution in [0.15, 0.2) is 47.6 Å². The average molecular weight is 395 g/mol. The largest absolute Gasteiger partial charge is 0.329 e. The van der Waals surface area contributed by atoms with E-state index in [1.54, 1.807) is 6.07 Å². The number of nitrogens with zero attached hydrogens (tertiary/aromatic N) is 2. The molecule has 0 aliphatic heterocycles. The van der Waals surface area contributed by atoms with E-state index in [-0.39, 0.29) is 11.4 Å². The van der Waals surface area contributed by atoms with Crippen LogP contribution >= 0.6 is 23.2 Å². The molecule has 0 spiro atoms. The molecule has 0 aromatic heterocycles. The molecule has 0 saturated carbocycles. The number of carbonyl (C=O) groups excluding carboxylic acids is 2. The van der Waals surface area contributed by atoms with Crippen LogP contribution in [0.25, 0.3) is 0 Å². The standard InChI is InChI=1S/C16H12Cl2N4O4/c1-9(10-3-2-4-14(5-10)22(25)26)20-21-16(24)15(23)19-13-7-11(17)6-12(18)8-13/h2-8H,1H3,(H,19,23)(H,21,24)/b20-9+. The Bertz CT molecular complexity index is 895. The fraction of sp³-hybridized carbons (Fsp3) is 0.0625. The van der Waals surface area contributed by atoms with Crippen LogP contribution < -0.4 is 10.7 Å². The number of carbonyl (C=O) groups is 2. The number of nitro groups is 1. The summed E-state index contributed by atoms with van der Waals surface area (Å²) in [6, 6.07) is 10.0. The third-order valence-electron chi connectivity index (χ3n) is 3.13. The first-order valence-electron chi connectivity index (χ1n) is 7.13. The van der Waals surface area contributed by atoms with Crippen LogP contribution in [0.2, 0.25) is 10.0 Å². The number of hydrazone groups is 1. The first kappa shape index (κ1) is 19.4. The molecule has 0 heterocycles. The van der Waals surface area contributed by atoms with E-state index >= 15 is 0 Å². The number of amides is 2. The van der Waals surface area contributed by atoms with E-state index in [2.05, 4.69) is 15.8 Å². The number of non-ortho nitro benzene ring substituents is 1. The first-order valence-corrected chi connectivity index (χ1v) is 7.88. The zero-order valence-corrected chi connectivity index (χ0v) is 14.8. The highest BCUT2D eigenvalue weighted by molar-refractivity contribution is 6.40. The topological polar surface area (TPSA) is 114 Å². The summed E-state index contributed by atoms with van der Waals surface area (Å²) in [5.74, 6) is -2.00. The van der Waals surface area contributed by atoms with E-state index in [4.69, 9.17) is 23.2 Å². The molecule has 0 aliphatic carbocycles. The van der Waals surface area contributed by atoms with E-state index in [0.717, 1.165) is 0 Å². The van der Waals surface area contributed by atoms with Gasteiger partial charge in [0.25, 0.3) is 5.69 Å². The number of anilines is 1. The minimum Gasteiger partial charge on any atom is -0.318 e. The van der Waals surface area contributed by atoms with Crippen molar-refractivity contribution in [1.82, 2.24) is 5.43 Å². The van der Waals surface area contributed by atoms with Gasteiger partial charge in [0, 0.05) is 33.4 Å². The van der Waals surface area contributed by atoms with E-state index in [1.807, 2.05) is 0 Å². The van der Waals surface area contributed by atoms with Gasteiger partial charge in [0.1, 0.15) is 0 Å². The molecule has 10 heteroatoms. The minimum absolute atomic E-state index is 0.112. The highest BCUT2D eigenvalue weighted by Crippen LogP contribution is 2.22. The summed E-state index contributed by atoms with van der Waals surface area (Å²) in [5.41, 5.74) is 2.94. The molecule has 0 saturated heterocycles. The number of nitro benzene ring substituents is 1. The molecule has 26 heavy (non-hydrogen) atoms. The van der Waals surface area contributed by atoms with Crippen LogP contribution in [-0.2, 0) is 9.59 Å². The van der Waals surface area contributed by atoms with Crippen LogP contribution in [0.5, 0.6) is 0 Å². The van der Waals surface area contributed by atoms with Crippen molar-refractivity contribution < 1.29 is 14.5 Å². The van der Waals surface area contributed by atoms with Gasteiger partial charge in [0.05, 0.1) is 10.6 Å². The predicted octanol–water partition coefficient (Wildman–Crippen LogP) is 3.38. The second-order valence-corrected chi connectivity index (χ2v) is 5.93. The van der Waals surface area contributed by atoms with Crippen molar-refractivity contribution in [3.8, 4) is 0 Å². The van der Waals surface area contributed by atoms with Crippen LogP contribution in [0.4, 0.5) is 11.4 Å². The van der Waals surface area contributed by atoms with Crippen LogP contribution in [0.1, 0.15) is 12.5 Å². The first-order chi connectivity index (χ1) is 12.3. The third kappa shape index (κ3) is 5.27. The number of rotatable bonds is 4. The van der Waals surface area contributed by atoms with Gasteiger partial charge in [-0.2, -0.15) is 5.10 Å². The quantitative estimate of drug-likeness (QED) is 0.358. The third-order valence-corrected chi connectivity index (χ3v) is 3.56. The van der Waals surface area contributed by atoms with Gasteiger partial charge < -0.3 is 5.32 Å². The summed E-state index contributed by atoms with van der Waals surface area (Å²) in [5, 5.41) is 17.5. The van der Waals surface area contributed by atoms with Crippen LogP contribution in [-0.4, -0.2) is 22.4 Å². The number of nitrogens with one attached hydrogen (secondary N) is 2. The molecule has 0 unspecified atom stereocenters. The lowest BCUT2D eigenvalue weighted by molar-refractivity contribution is -0.384. The SMILES string of the molecule is C/C(=N\NC(=O)C(=O)Nc1cc(Cl)cc(Cl)c1)c1cccc([N+](=O)[O-])c1. The summed E-state index contributed by atoms with van der Waals surface area (Å²) >= 11 is 11.6. The number of hydrogen-bond donors (Lipinski definition) is 2. The van der Waals surface area contributed by atoms with E-state index in [1.165, 1.54) is 43.3 Å². The summed E-state index contributed by atoms with van der Waals surface area (Å²) in [4.78, 5) is 33.9. The molecule has 2 rings (SSSR count). The molecule has 134 valence electrons. The Morgan fingerprint density at radius 2 is 1.73 bits per heavy atom. The normalized spacial score (nSPS) is 11.0. The molecular weight excluding hydrogens is 383 g/mol. The predicted molar refractivity (Wildman–Crippen MR) is 98.5 cm³/mol. The molecule has 0 fully saturated rings. The second-order valence-electron chi connectivity index (χ2n) is 5.06. The minimum atomic E-state index is -1.02. The molecule has 0 aliphatic rings. The van der Waals surface area contributed by atoms with Gasteiger partial charge in [0.2, 0.25) is 0 Å². The lowest BCUT2D eigenvalue weighted by atomic mass is 10.1. The van der Waals surface area contributed by atoms with Gasteiger partial charge in [0.15, 0.2) is 0 Å². The van der Waals surface area contributed by atoms with E-state index < -0.39 is 16.7 Å². The molecule has 0 atom stereocenters. The summed E-state index contributed by atoms with van der Waals surface area (Å²) in [6.45, 7) is 1.54. The van der Waals surface area contributed by atoms with Crippen molar-refractivity contribution in [3.63, 3.8) is 0 Å². The molecular formula is C16H12Cl2N4O4. The van der Waals surface area contributed by atoms with E-state index in [9.17, 15) is 19.7 Å². The average Bonchev–Trinajstić information content (AvgIpc) is 2.58. The molecule has 2 aromatic carbocycles. The maximum Gasteiger partial charge on any atom is 0.329 e. The van der Waals surface area contributed by atoms with Gasteiger partial charge in [-0.05, 0) is 25.1 Å². The monoisotopic (exact) mass is 394 g/mol. The van der Waals surface area contributed by atoms with Crippen molar-refractivity contribution in [2.45, 2.75) is 6.92 Å². The molecule has 2 aromatic rings. The van der Waals surface area contributed by atoms with Gasteiger partial charge in [-0.15, -0.1) is 0 Å². The Hall–Kier alpha value is -2.97. The summed E-state index contributed by atoms with van der Waals surface area (Å²) < 4.78 is 0. The Kier molecular flexibility index (Phi) is 6.26. The molecule has 2 N–H and O–H groups in total. The fourth-order valence-electron chi connectivity index (χ4n) is 1.91. The fourth-order valence-corrected chi connectivity index (χ4v) is 2.43. The van der Waals surface area contributed by atoms with Gasteiger partial charge >= 0.3 is 11.8 Å². The van der Waals surface area contributed by atoms with Crippen LogP contribution in [0.3, 0.4) is 0 Å². The Morgan fingerprint density at radius 3 is 2.35 bits per heavy atom. The lowest BCUT2D eigenvalue weighted by Crippen LogP contribution is -2.32. The van der Waals surface area contributed by atoms with E-state index in [0.29, 0.717) is 21.3 Å². The Morgan fingerprint density at radius 1 is 1.08 bits per heavy atom. The maximum absolute atomic E-state index is 11.9. The number of hydrogen-bond acceptors (Lipinski definition) is 5. The van der Waals surface area contributed by atoms with Crippen molar-refractivity contribution in [2.75, 3.05) is 5.32 Å². The molecule has 8 nitrogen and oxygen atoms in total. The zero-order valence-electron chi connectivity index (χ0n) is 13.3. The van der Waals surface area contributed by atoms with Crippen molar-refractivity contribution in [2.24, 2.45) is 5.10 Å². The number of benzene rings is 2. The van der Waals surface area contributed by atoms with Crippen molar-refractivity contribution in [3.05, 3.63) is 68.2 Å². The lowest BCUT2D eigenvalue weighted by Gasteiger charge is -2.06. The number of halogens is 2. The van der Waals surface area contributed by atoms with Gasteiger partial charge in [-0.1, -0.05) is 35.3 Å². The second kappa shape index (κ2) is 8.41. The smallest absolute Gasteiger partial charge is 0.318 e. The molecule has 2 amide bonds.